The minimum Gasteiger partial charge on any atom is -0.487 e. The van der Waals surface area contributed by atoms with Gasteiger partial charge in [0.15, 0.2) is 5.96 Å². The predicted octanol–water partition coefficient (Wildman–Crippen LogP) is 3.67. The molecule has 156 valence electrons. The van der Waals surface area contributed by atoms with Crippen LogP contribution in [0.2, 0.25) is 5.02 Å². The summed E-state index contributed by atoms with van der Waals surface area (Å²) in [6, 6.07) is 12.9. The predicted molar refractivity (Wildman–Crippen MR) is 120 cm³/mol. The average molecular weight is 459 g/mol. The highest BCUT2D eigenvalue weighted by Gasteiger charge is 2.19. The molecule has 2 aromatic carbocycles. The summed E-state index contributed by atoms with van der Waals surface area (Å²) in [6.07, 6.45) is 0. The zero-order valence-electron chi connectivity index (χ0n) is 15.6. The Hall–Kier alpha value is -2.45. The number of hydrogen-bond acceptors (Lipinski definition) is 4. The van der Waals surface area contributed by atoms with E-state index in [4.69, 9.17) is 33.2 Å². The number of guanidine groups is 1. The lowest BCUT2D eigenvalue weighted by atomic mass is 10.1. The number of carbonyl (C=O) groups is 1. The molecule has 3 rings (SSSR count). The minimum atomic E-state index is -0.432. The number of amides is 1. The smallest absolute Gasteiger partial charge is 0.276 e. The Labute approximate surface area is 185 Å². The zero-order chi connectivity index (χ0) is 19.6. The van der Waals surface area contributed by atoms with Crippen LogP contribution in [0.3, 0.4) is 0 Å². The van der Waals surface area contributed by atoms with Gasteiger partial charge in [-0.25, -0.2) is 0 Å². The van der Waals surface area contributed by atoms with Crippen LogP contribution in [0.15, 0.2) is 42.5 Å². The Balaban J connectivity index is 0.00000210. The number of carbonyl (C=O) groups excluding carboxylic acids is 1. The second-order valence-corrected chi connectivity index (χ2v) is 6.48. The second-order valence-electron chi connectivity index (χ2n) is 6.08. The molecule has 0 fully saturated rings. The molecule has 1 heterocycles. The van der Waals surface area contributed by atoms with Crippen LogP contribution >= 0.6 is 36.4 Å². The number of aromatic amines is 1. The molecule has 1 aromatic heterocycles. The van der Waals surface area contributed by atoms with Gasteiger partial charge in [0.25, 0.3) is 5.91 Å². The van der Waals surface area contributed by atoms with E-state index in [9.17, 15) is 4.79 Å². The normalized spacial score (nSPS) is 10.0. The van der Waals surface area contributed by atoms with E-state index in [-0.39, 0.29) is 36.5 Å². The molecule has 0 spiro atoms. The van der Waals surface area contributed by atoms with E-state index in [0.29, 0.717) is 34.8 Å². The number of benzene rings is 2. The topological polar surface area (TPSA) is 121 Å². The number of rotatable bonds is 5. The first kappa shape index (κ1) is 24.6. The molecular weight excluding hydrogens is 437 g/mol. The van der Waals surface area contributed by atoms with Crippen LogP contribution < -0.4 is 16.2 Å². The van der Waals surface area contributed by atoms with Gasteiger partial charge in [-0.15, -0.1) is 24.8 Å². The molecule has 6 N–H and O–H groups in total. The third-order valence-corrected chi connectivity index (χ3v) is 4.58. The molecule has 0 aliphatic rings. The van der Waals surface area contributed by atoms with Crippen molar-refractivity contribution in [2.24, 2.45) is 11.5 Å². The zero-order valence-corrected chi connectivity index (χ0v) is 18.0. The van der Waals surface area contributed by atoms with E-state index < -0.39 is 5.91 Å². The van der Waals surface area contributed by atoms with Gasteiger partial charge in [-0.05, 0) is 29.3 Å². The highest BCUT2D eigenvalue weighted by Crippen LogP contribution is 2.32. The SMILES string of the molecule is CN(C(=N)N)C(=O)c1cc2c(Cl)ccc(OCc3ccc(CN)cc3)c2[nH]1.Cl.Cl. The van der Waals surface area contributed by atoms with Crippen molar-refractivity contribution in [2.45, 2.75) is 13.2 Å². The molecule has 0 saturated heterocycles. The number of aromatic nitrogens is 1. The van der Waals surface area contributed by atoms with Crippen molar-refractivity contribution >= 4 is 59.2 Å². The van der Waals surface area contributed by atoms with Crippen molar-refractivity contribution in [3.05, 3.63) is 64.3 Å². The van der Waals surface area contributed by atoms with E-state index in [1.54, 1.807) is 18.2 Å². The van der Waals surface area contributed by atoms with Gasteiger partial charge in [0.2, 0.25) is 0 Å². The van der Waals surface area contributed by atoms with Gasteiger partial charge in [-0.2, -0.15) is 0 Å². The van der Waals surface area contributed by atoms with Gasteiger partial charge in [0.1, 0.15) is 18.1 Å². The molecule has 10 heteroatoms. The van der Waals surface area contributed by atoms with Crippen molar-refractivity contribution in [3.8, 4) is 5.75 Å². The van der Waals surface area contributed by atoms with Crippen molar-refractivity contribution < 1.29 is 9.53 Å². The lowest BCUT2D eigenvalue weighted by Crippen LogP contribution is -2.38. The van der Waals surface area contributed by atoms with Crippen molar-refractivity contribution in [1.82, 2.24) is 9.88 Å². The Kier molecular flexibility index (Phi) is 8.79. The molecule has 0 aliphatic carbocycles. The Morgan fingerprint density at radius 2 is 1.79 bits per heavy atom. The summed E-state index contributed by atoms with van der Waals surface area (Å²) >= 11 is 6.26. The molecule has 7 nitrogen and oxygen atoms in total. The first-order valence-electron chi connectivity index (χ1n) is 8.24. The Morgan fingerprint density at radius 1 is 1.17 bits per heavy atom. The van der Waals surface area contributed by atoms with Gasteiger partial charge in [-0.1, -0.05) is 35.9 Å². The third-order valence-electron chi connectivity index (χ3n) is 4.25. The van der Waals surface area contributed by atoms with Gasteiger partial charge in [0, 0.05) is 19.0 Å². The highest BCUT2D eigenvalue weighted by molar-refractivity contribution is 6.35. The molecule has 0 unspecified atom stereocenters. The van der Waals surface area contributed by atoms with Gasteiger partial charge in [0.05, 0.1) is 10.5 Å². The molecule has 0 saturated carbocycles. The minimum absolute atomic E-state index is 0. The summed E-state index contributed by atoms with van der Waals surface area (Å²) in [5.74, 6) is -0.206. The van der Waals surface area contributed by atoms with Crippen LogP contribution in [0.1, 0.15) is 21.6 Å². The molecule has 3 aromatic rings. The fourth-order valence-electron chi connectivity index (χ4n) is 2.62. The maximum atomic E-state index is 12.4. The Morgan fingerprint density at radius 3 is 2.38 bits per heavy atom. The summed E-state index contributed by atoms with van der Waals surface area (Å²) < 4.78 is 5.92. The number of ether oxygens (including phenoxy) is 1. The van der Waals surface area contributed by atoms with E-state index >= 15 is 0 Å². The third kappa shape index (κ3) is 5.33. The first-order chi connectivity index (χ1) is 12.9. The summed E-state index contributed by atoms with van der Waals surface area (Å²) in [7, 11) is 1.43. The molecule has 0 aliphatic heterocycles. The lowest BCUT2D eigenvalue weighted by molar-refractivity contribution is 0.0864. The molecular formula is C19H22Cl3N5O2. The number of nitrogens with two attached hydrogens (primary N) is 2. The van der Waals surface area contributed by atoms with Crippen LogP contribution in [0.4, 0.5) is 0 Å². The number of halogens is 3. The summed E-state index contributed by atoms with van der Waals surface area (Å²) in [6.45, 7) is 0.851. The van der Waals surface area contributed by atoms with Crippen LogP contribution in [-0.4, -0.2) is 28.8 Å². The number of fused-ring (bicyclic) bond motifs is 1. The molecule has 1 amide bonds. The van der Waals surface area contributed by atoms with E-state index in [1.165, 1.54) is 7.05 Å². The van der Waals surface area contributed by atoms with Crippen molar-refractivity contribution in [3.63, 3.8) is 0 Å². The van der Waals surface area contributed by atoms with Gasteiger partial charge < -0.3 is 21.2 Å². The monoisotopic (exact) mass is 457 g/mol. The summed E-state index contributed by atoms with van der Waals surface area (Å²) in [4.78, 5) is 16.5. The van der Waals surface area contributed by atoms with Crippen LogP contribution in [0.5, 0.6) is 5.75 Å². The van der Waals surface area contributed by atoms with Crippen LogP contribution in [-0.2, 0) is 13.2 Å². The average Bonchev–Trinajstić information content (AvgIpc) is 3.13. The molecule has 0 atom stereocenters. The number of H-pyrrole nitrogens is 1. The largest absolute Gasteiger partial charge is 0.487 e. The fraction of sp³-hybridized carbons (Fsp3) is 0.158. The highest BCUT2D eigenvalue weighted by atomic mass is 35.5. The summed E-state index contributed by atoms with van der Waals surface area (Å²) in [5, 5.41) is 8.55. The second kappa shape index (κ2) is 10.4. The van der Waals surface area contributed by atoms with Crippen LogP contribution in [0.25, 0.3) is 10.9 Å². The standard InChI is InChI=1S/C19H20ClN5O2.2ClH/c1-25(19(22)23)18(26)15-8-13-14(20)6-7-16(17(13)24-15)27-10-12-4-2-11(9-21)3-5-12;;/h2-8,24H,9-10,21H2,1H3,(H3,22,23);2*1H. The van der Waals surface area contributed by atoms with Crippen molar-refractivity contribution in [1.29, 1.82) is 5.41 Å². The van der Waals surface area contributed by atoms with E-state index in [2.05, 4.69) is 4.98 Å². The number of hydrogen-bond donors (Lipinski definition) is 4. The van der Waals surface area contributed by atoms with Gasteiger partial charge in [-0.3, -0.25) is 15.1 Å². The lowest BCUT2D eigenvalue weighted by Gasteiger charge is -2.12. The fourth-order valence-corrected chi connectivity index (χ4v) is 2.83. The maximum Gasteiger partial charge on any atom is 0.276 e. The van der Waals surface area contributed by atoms with Gasteiger partial charge >= 0.3 is 0 Å². The molecule has 0 bridgehead atoms. The molecule has 0 radical (unpaired) electrons. The quantitative estimate of drug-likeness (QED) is 0.344. The maximum absolute atomic E-state index is 12.4. The first-order valence-corrected chi connectivity index (χ1v) is 8.62. The van der Waals surface area contributed by atoms with E-state index in [1.807, 2.05) is 24.3 Å². The Bertz CT molecular complexity index is 1000. The van der Waals surface area contributed by atoms with Crippen LogP contribution in [0, 0.1) is 5.41 Å². The summed E-state index contributed by atoms with van der Waals surface area (Å²) in [5.41, 5.74) is 13.9. The van der Waals surface area contributed by atoms with E-state index in [0.717, 1.165) is 16.0 Å². The number of nitrogens with zero attached hydrogens (tertiary/aromatic N) is 1. The van der Waals surface area contributed by atoms with Crippen molar-refractivity contribution in [2.75, 3.05) is 7.05 Å². The molecule has 29 heavy (non-hydrogen) atoms. The number of nitrogens with one attached hydrogen (secondary N) is 2.